The summed E-state index contributed by atoms with van der Waals surface area (Å²) < 4.78 is 11.5. The van der Waals surface area contributed by atoms with Gasteiger partial charge in [-0.25, -0.2) is 14.0 Å². The van der Waals surface area contributed by atoms with Crippen molar-refractivity contribution in [2.24, 2.45) is 0 Å². The predicted octanol–water partition coefficient (Wildman–Crippen LogP) is 6.73. The van der Waals surface area contributed by atoms with Crippen LogP contribution in [-0.2, 0) is 0 Å². The second-order valence-corrected chi connectivity index (χ2v) is 11.2. The maximum absolute atomic E-state index is 14.5. The fraction of sp³-hybridized carbons (Fsp3) is 0.108. The quantitative estimate of drug-likeness (QED) is 0.200. The number of H-pyrrole nitrogens is 2. The van der Waals surface area contributed by atoms with E-state index in [0.29, 0.717) is 56.8 Å². The number of aromatic amines is 2. The number of nitrogens with zero attached hydrogens (tertiary/aromatic N) is 4. The predicted molar refractivity (Wildman–Crippen MR) is 178 cm³/mol. The van der Waals surface area contributed by atoms with Crippen LogP contribution in [0.1, 0.15) is 39.7 Å². The van der Waals surface area contributed by atoms with Gasteiger partial charge in [0, 0.05) is 11.3 Å². The van der Waals surface area contributed by atoms with Crippen LogP contribution < -0.4 is 15.9 Å². The highest BCUT2D eigenvalue weighted by Gasteiger charge is 2.36. The molecule has 0 saturated heterocycles. The van der Waals surface area contributed by atoms with Crippen molar-refractivity contribution < 1.29 is 4.74 Å². The van der Waals surface area contributed by atoms with Crippen LogP contribution in [0.3, 0.4) is 0 Å². The minimum atomic E-state index is -0.748. The molecule has 228 valence electrons. The molecule has 0 aliphatic heterocycles. The lowest BCUT2D eigenvalue weighted by molar-refractivity contribution is 0.438. The summed E-state index contributed by atoms with van der Waals surface area (Å²) in [5, 5.41) is 11.6. The SMILES string of the molecule is Cc1nn(-c2ccccc2)c(Oc2ccccc2)c1[C@H](c1[nH]n(-c2ccccc2)c(=O)c1C)c1c(C)[nH]n(-c2ccccc2)c1=O. The molecule has 4 aromatic carbocycles. The zero-order chi connectivity index (χ0) is 31.8. The lowest BCUT2D eigenvalue weighted by atomic mass is 9.87. The van der Waals surface area contributed by atoms with Crippen molar-refractivity contribution in [3.05, 3.63) is 176 Å². The Kier molecular flexibility index (Phi) is 7.34. The van der Waals surface area contributed by atoms with Gasteiger partial charge >= 0.3 is 0 Å². The number of aromatic nitrogens is 6. The fourth-order valence-corrected chi connectivity index (χ4v) is 5.96. The average molecular weight is 609 g/mol. The van der Waals surface area contributed by atoms with Gasteiger partial charge in [0.15, 0.2) is 0 Å². The highest BCUT2D eigenvalue weighted by molar-refractivity contribution is 5.54. The van der Waals surface area contributed by atoms with Crippen LogP contribution in [-0.4, -0.2) is 29.3 Å². The van der Waals surface area contributed by atoms with Gasteiger partial charge in [0.1, 0.15) is 5.75 Å². The molecule has 3 aromatic heterocycles. The van der Waals surface area contributed by atoms with Crippen LogP contribution in [0.2, 0.25) is 0 Å². The monoisotopic (exact) mass is 608 g/mol. The Morgan fingerprint density at radius 2 is 1.11 bits per heavy atom. The highest BCUT2D eigenvalue weighted by Crippen LogP contribution is 2.42. The normalized spacial score (nSPS) is 11.9. The average Bonchev–Trinajstić information content (AvgIpc) is 3.69. The van der Waals surface area contributed by atoms with Crippen molar-refractivity contribution in [2.75, 3.05) is 0 Å². The third-order valence-corrected chi connectivity index (χ3v) is 8.19. The van der Waals surface area contributed by atoms with Crippen LogP contribution >= 0.6 is 0 Å². The summed E-state index contributed by atoms with van der Waals surface area (Å²) in [5.74, 6) is 0.306. The summed E-state index contributed by atoms with van der Waals surface area (Å²) in [6, 6.07) is 38.0. The Bertz CT molecular complexity index is 2240. The van der Waals surface area contributed by atoms with E-state index in [0.717, 1.165) is 5.69 Å². The second kappa shape index (κ2) is 11.8. The molecular formula is C37H32N6O3. The minimum absolute atomic E-state index is 0.207. The lowest BCUT2D eigenvalue weighted by Gasteiger charge is -2.19. The van der Waals surface area contributed by atoms with Crippen molar-refractivity contribution in [3.8, 4) is 28.7 Å². The Morgan fingerprint density at radius 1 is 0.609 bits per heavy atom. The Hall–Kier alpha value is -6.09. The molecule has 0 amide bonds. The smallest absolute Gasteiger partial charge is 0.275 e. The molecule has 7 aromatic rings. The molecule has 3 heterocycles. The zero-order valence-electron chi connectivity index (χ0n) is 25.6. The van der Waals surface area contributed by atoms with E-state index in [1.807, 2.05) is 135 Å². The third kappa shape index (κ3) is 4.97. The first-order chi connectivity index (χ1) is 22.4. The van der Waals surface area contributed by atoms with Crippen LogP contribution in [0.25, 0.3) is 17.1 Å². The number of benzene rings is 4. The van der Waals surface area contributed by atoms with E-state index < -0.39 is 5.92 Å². The van der Waals surface area contributed by atoms with E-state index in [1.165, 1.54) is 9.36 Å². The molecule has 9 heteroatoms. The number of ether oxygens (including phenoxy) is 1. The number of hydrogen-bond acceptors (Lipinski definition) is 4. The summed E-state index contributed by atoms with van der Waals surface area (Å²) in [6.07, 6.45) is 0. The van der Waals surface area contributed by atoms with E-state index in [1.54, 1.807) is 11.6 Å². The zero-order valence-corrected chi connectivity index (χ0v) is 25.6. The molecule has 0 radical (unpaired) electrons. The summed E-state index contributed by atoms with van der Waals surface area (Å²) in [7, 11) is 0. The van der Waals surface area contributed by atoms with Crippen LogP contribution in [0.15, 0.2) is 131 Å². The van der Waals surface area contributed by atoms with E-state index >= 15 is 0 Å². The van der Waals surface area contributed by atoms with Gasteiger partial charge in [-0.2, -0.15) is 5.10 Å². The fourth-order valence-electron chi connectivity index (χ4n) is 5.96. The first-order valence-corrected chi connectivity index (χ1v) is 15.0. The largest absolute Gasteiger partial charge is 0.439 e. The van der Waals surface area contributed by atoms with Gasteiger partial charge in [-0.05, 0) is 69.3 Å². The summed E-state index contributed by atoms with van der Waals surface area (Å²) in [5.41, 5.74) is 5.23. The molecule has 0 fully saturated rings. The molecule has 0 bridgehead atoms. The van der Waals surface area contributed by atoms with Gasteiger partial charge in [-0.3, -0.25) is 19.8 Å². The molecule has 9 nitrogen and oxygen atoms in total. The number of hydrogen-bond donors (Lipinski definition) is 2. The minimum Gasteiger partial charge on any atom is -0.439 e. The van der Waals surface area contributed by atoms with Gasteiger partial charge in [0.2, 0.25) is 5.88 Å². The molecule has 0 aliphatic rings. The molecule has 0 aliphatic carbocycles. The van der Waals surface area contributed by atoms with Crippen molar-refractivity contribution in [1.82, 2.24) is 29.3 Å². The highest BCUT2D eigenvalue weighted by atomic mass is 16.5. The van der Waals surface area contributed by atoms with Gasteiger partial charge < -0.3 is 4.74 Å². The van der Waals surface area contributed by atoms with Crippen LogP contribution in [0.5, 0.6) is 11.6 Å². The topological polar surface area (TPSA) is 103 Å². The van der Waals surface area contributed by atoms with E-state index in [-0.39, 0.29) is 11.1 Å². The maximum Gasteiger partial charge on any atom is 0.275 e. The molecule has 1 atom stereocenters. The van der Waals surface area contributed by atoms with Crippen molar-refractivity contribution in [2.45, 2.75) is 26.7 Å². The number of aryl methyl sites for hydroxylation is 2. The van der Waals surface area contributed by atoms with Gasteiger partial charge in [-0.15, -0.1) is 0 Å². The van der Waals surface area contributed by atoms with E-state index in [4.69, 9.17) is 9.84 Å². The van der Waals surface area contributed by atoms with Crippen molar-refractivity contribution in [1.29, 1.82) is 0 Å². The number of para-hydroxylation sites is 4. The molecule has 7 rings (SSSR count). The summed E-state index contributed by atoms with van der Waals surface area (Å²) in [6.45, 7) is 5.56. The number of nitrogens with one attached hydrogen (secondary N) is 2. The summed E-state index contributed by atoms with van der Waals surface area (Å²) in [4.78, 5) is 28.3. The van der Waals surface area contributed by atoms with E-state index in [2.05, 4.69) is 10.2 Å². The first-order valence-electron chi connectivity index (χ1n) is 15.0. The Balaban J connectivity index is 1.54. The van der Waals surface area contributed by atoms with Gasteiger partial charge in [0.25, 0.3) is 11.1 Å². The lowest BCUT2D eigenvalue weighted by Crippen LogP contribution is -2.22. The van der Waals surface area contributed by atoms with Crippen LogP contribution in [0.4, 0.5) is 0 Å². The van der Waals surface area contributed by atoms with Crippen molar-refractivity contribution in [3.63, 3.8) is 0 Å². The molecule has 0 spiro atoms. The second-order valence-electron chi connectivity index (χ2n) is 11.2. The standard InChI is InChI=1S/C37H32N6O3/c1-24-34(40-41(35(24)44)27-16-8-4-9-17-27)33(31-25(2)38-42(36(31)45)28-18-10-5-11-19-28)32-26(3)39-43(29-20-12-6-13-21-29)37(32)46-30-22-14-7-15-23-30/h4-23,33,38,40H,1-3H3/t33-/m1/s1. The van der Waals surface area contributed by atoms with Gasteiger partial charge in [0.05, 0.1) is 45.5 Å². The number of rotatable bonds is 8. The molecule has 0 saturated carbocycles. The molecule has 46 heavy (non-hydrogen) atoms. The molecule has 2 N–H and O–H groups in total. The first kappa shape index (κ1) is 28.7. The van der Waals surface area contributed by atoms with Gasteiger partial charge in [-0.1, -0.05) is 72.8 Å². The summed E-state index contributed by atoms with van der Waals surface area (Å²) >= 11 is 0. The Morgan fingerprint density at radius 3 is 1.67 bits per heavy atom. The third-order valence-electron chi connectivity index (χ3n) is 8.19. The van der Waals surface area contributed by atoms with Crippen LogP contribution in [0, 0.1) is 20.8 Å². The van der Waals surface area contributed by atoms with E-state index in [9.17, 15) is 9.59 Å². The van der Waals surface area contributed by atoms with Crippen molar-refractivity contribution >= 4 is 0 Å². The molecule has 0 unspecified atom stereocenters. The molecular weight excluding hydrogens is 576 g/mol. The maximum atomic E-state index is 14.5. The Labute approximate surface area is 264 Å².